The second-order valence-electron chi connectivity index (χ2n) is 6.98. The van der Waals surface area contributed by atoms with Gasteiger partial charge >= 0.3 is 0 Å². The van der Waals surface area contributed by atoms with Crippen LogP contribution in [0.3, 0.4) is 0 Å². The summed E-state index contributed by atoms with van der Waals surface area (Å²) in [6, 6.07) is 13.9. The number of amides is 1. The van der Waals surface area contributed by atoms with Crippen molar-refractivity contribution in [2.75, 3.05) is 19.6 Å². The molecule has 1 fully saturated rings. The van der Waals surface area contributed by atoms with Crippen LogP contribution in [-0.4, -0.2) is 40.4 Å². The minimum absolute atomic E-state index is 0.0149. The molecular formula is C22H24N4O2. The van der Waals surface area contributed by atoms with E-state index in [1.165, 1.54) is 0 Å². The van der Waals surface area contributed by atoms with Crippen molar-refractivity contribution in [3.05, 3.63) is 72.0 Å². The first-order valence-corrected chi connectivity index (χ1v) is 9.64. The van der Waals surface area contributed by atoms with Gasteiger partial charge in [0.15, 0.2) is 11.7 Å². The lowest BCUT2D eigenvalue weighted by Crippen LogP contribution is -2.48. The van der Waals surface area contributed by atoms with E-state index in [9.17, 15) is 4.79 Å². The number of aryl methyl sites for hydroxylation is 2. The highest BCUT2D eigenvalue weighted by Gasteiger charge is 2.28. The van der Waals surface area contributed by atoms with Crippen LogP contribution in [-0.2, 0) is 11.2 Å². The predicted octanol–water partition coefficient (Wildman–Crippen LogP) is 3.15. The molecule has 1 atom stereocenters. The zero-order chi connectivity index (χ0) is 19.3. The first-order chi connectivity index (χ1) is 13.7. The molecule has 2 aromatic heterocycles. The fraction of sp³-hybridized carbons (Fsp3) is 0.318. The Labute approximate surface area is 164 Å². The average Bonchev–Trinajstić information content (AvgIpc) is 3.14. The predicted molar refractivity (Wildman–Crippen MR) is 107 cm³/mol. The Balaban J connectivity index is 1.44. The molecule has 0 saturated carbocycles. The van der Waals surface area contributed by atoms with Crippen LogP contribution >= 0.6 is 0 Å². The summed E-state index contributed by atoms with van der Waals surface area (Å²) in [4.78, 5) is 23.6. The monoisotopic (exact) mass is 376 g/mol. The number of nitrogens with zero attached hydrogens (tertiary/aromatic N) is 3. The van der Waals surface area contributed by atoms with Crippen molar-refractivity contribution >= 4 is 5.91 Å². The van der Waals surface area contributed by atoms with E-state index in [1.54, 1.807) is 6.20 Å². The van der Waals surface area contributed by atoms with Crippen molar-refractivity contribution in [3.63, 3.8) is 0 Å². The quantitative estimate of drug-likeness (QED) is 0.741. The molecule has 0 spiro atoms. The number of carbonyl (C=O) groups is 1. The molecule has 28 heavy (non-hydrogen) atoms. The van der Waals surface area contributed by atoms with Crippen molar-refractivity contribution in [1.82, 2.24) is 20.2 Å². The Hall–Kier alpha value is -2.99. The van der Waals surface area contributed by atoms with E-state index in [-0.39, 0.29) is 11.9 Å². The van der Waals surface area contributed by atoms with Gasteiger partial charge in [0.1, 0.15) is 0 Å². The lowest BCUT2D eigenvalue weighted by molar-refractivity contribution is -0.134. The third-order valence-electron chi connectivity index (χ3n) is 5.06. The van der Waals surface area contributed by atoms with Gasteiger partial charge in [-0.2, -0.15) is 0 Å². The van der Waals surface area contributed by atoms with Crippen LogP contribution in [0.4, 0.5) is 0 Å². The maximum absolute atomic E-state index is 12.9. The molecule has 3 aromatic rings. The summed E-state index contributed by atoms with van der Waals surface area (Å²) in [5, 5.41) is 3.37. The van der Waals surface area contributed by atoms with Gasteiger partial charge < -0.3 is 14.6 Å². The Bertz CT molecular complexity index is 924. The van der Waals surface area contributed by atoms with Gasteiger partial charge in [0.25, 0.3) is 0 Å². The fourth-order valence-corrected chi connectivity index (χ4v) is 3.65. The summed E-state index contributed by atoms with van der Waals surface area (Å²) in [5.74, 6) is 1.50. The number of piperazine rings is 1. The Morgan fingerprint density at radius 2 is 2.11 bits per heavy atom. The van der Waals surface area contributed by atoms with Gasteiger partial charge in [0.05, 0.1) is 11.7 Å². The van der Waals surface area contributed by atoms with Gasteiger partial charge in [-0.25, -0.2) is 4.98 Å². The maximum Gasteiger partial charge on any atom is 0.223 e. The third-order valence-corrected chi connectivity index (χ3v) is 5.06. The van der Waals surface area contributed by atoms with E-state index in [2.05, 4.69) is 15.3 Å². The number of oxazole rings is 1. The highest BCUT2D eigenvalue weighted by atomic mass is 16.4. The minimum atomic E-state index is 0.0149. The lowest BCUT2D eigenvalue weighted by Gasteiger charge is -2.36. The SMILES string of the molecule is Cc1nc(CCC(=O)N2CCNCC2c2cccnc2)oc1-c1ccccc1. The Morgan fingerprint density at radius 1 is 1.25 bits per heavy atom. The molecule has 3 heterocycles. The van der Waals surface area contributed by atoms with E-state index < -0.39 is 0 Å². The number of pyridine rings is 1. The second-order valence-corrected chi connectivity index (χ2v) is 6.98. The first-order valence-electron chi connectivity index (χ1n) is 9.64. The summed E-state index contributed by atoms with van der Waals surface area (Å²) >= 11 is 0. The summed E-state index contributed by atoms with van der Waals surface area (Å²) in [6.45, 7) is 4.18. The zero-order valence-electron chi connectivity index (χ0n) is 16.0. The molecule has 4 rings (SSSR count). The highest BCUT2D eigenvalue weighted by Crippen LogP contribution is 2.26. The number of hydrogen-bond acceptors (Lipinski definition) is 5. The molecule has 0 aliphatic carbocycles. The number of carbonyl (C=O) groups excluding carboxylic acids is 1. The number of aromatic nitrogens is 2. The van der Waals surface area contributed by atoms with Crippen LogP contribution < -0.4 is 5.32 Å². The van der Waals surface area contributed by atoms with Gasteiger partial charge in [-0.3, -0.25) is 9.78 Å². The van der Waals surface area contributed by atoms with Crippen LogP contribution in [0.2, 0.25) is 0 Å². The molecule has 0 radical (unpaired) electrons. The van der Waals surface area contributed by atoms with E-state index >= 15 is 0 Å². The molecule has 1 aliphatic rings. The summed E-state index contributed by atoms with van der Waals surface area (Å²) in [6.07, 6.45) is 4.46. The average molecular weight is 376 g/mol. The van der Waals surface area contributed by atoms with E-state index in [0.717, 1.165) is 35.7 Å². The highest BCUT2D eigenvalue weighted by molar-refractivity contribution is 5.77. The van der Waals surface area contributed by atoms with Crippen molar-refractivity contribution in [2.24, 2.45) is 0 Å². The van der Waals surface area contributed by atoms with Crippen LogP contribution in [0.5, 0.6) is 0 Å². The number of nitrogens with one attached hydrogen (secondary N) is 1. The number of rotatable bonds is 5. The lowest BCUT2D eigenvalue weighted by atomic mass is 10.0. The zero-order valence-corrected chi connectivity index (χ0v) is 16.0. The van der Waals surface area contributed by atoms with Crippen LogP contribution in [0.15, 0.2) is 59.3 Å². The van der Waals surface area contributed by atoms with E-state index in [4.69, 9.17) is 4.42 Å². The van der Waals surface area contributed by atoms with Crippen molar-refractivity contribution in [3.8, 4) is 11.3 Å². The van der Waals surface area contributed by atoms with Crippen LogP contribution in [0, 0.1) is 6.92 Å². The summed E-state index contributed by atoms with van der Waals surface area (Å²) in [5.41, 5.74) is 2.91. The Morgan fingerprint density at radius 3 is 2.89 bits per heavy atom. The van der Waals surface area contributed by atoms with E-state index in [0.29, 0.717) is 25.3 Å². The molecule has 1 aromatic carbocycles. The molecule has 6 nitrogen and oxygen atoms in total. The summed E-state index contributed by atoms with van der Waals surface area (Å²) in [7, 11) is 0. The molecule has 1 unspecified atom stereocenters. The molecule has 6 heteroatoms. The smallest absolute Gasteiger partial charge is 0.223 e. The molecule has 1 saturated heterocycles. The Kier molecular flexibility index (Phi) is 5.48. The first kappa shape index (κ1) is 18.4. The number of benzene rings is 1. The fourth-order valence-electron chi connectivity index (χ4n) is 3.65. The van der Waals surface area contributed by atoms with Gasteiger partial charge in [-0.05, 0) is 18.6 Å². The standard InChI is InChI=1S/C22H24N4O2/c1-16-22(17-6-3-2-4-7-17)28-20(25-16)9-10-21(27)26-13-12-24-15-19(26)18-8-5-11-23-14-18/h2-8,11,14,19,24H,9-10,12-13,15H2,1H3. The van der Waals surface area contributed by atoms with Crippen LogP contribution in [0.1, 0.15) is 29.6 Å². The molecule has 1 amide bonds. The largest absolute Gasteiger partial charge is 0.440 e. The summed E-state index contributed by atoms with van der Waals surface area (Å²) < 4.78 is 5.95. The van der Waals surface area contributed by atoms with Gasteiger partial charge in [0.2, 0.25) is 5.91 Å². The topological polar surface area (TPSA) is 71.3 Å². The third kappa shape index (κ3) is 3.97. The van der Waals surface area contributed by atoms with Crippen LogP contribution in [0.25, 0.3) is 11.3 Å². The van der Waals surface area contributed by atoms with Crippen molar-refractivity contribution in [1.29, 1.82) is 0 Å². The maximum atomic E-state index is 12.9. The minimum Gasteiger partial charge on any atom is -0.440 e. The second kappa shape index (κ2) is 8.35. The van der Waals surface area contributed by atoms with Crippen molar-refractivity contribution in [2.45, 2.75) is 25.8 Å². The van der Waals surface area contributed by atoms with Gasteiger partial charge in [-0.1, -0.05) is 36.4 Å². The molecule has 0 bridgehead atoms. The molecular weight excluding hydrogens is 352 g/mol. The van der Waals surface area contributed by atoms with Gasteiger partial charge in [0, 0.05) is 50.4 Å². The molecule has 1 aliphatic heterocycles. The molecule has 144 valence electrons. The van der Waals surface area contributed by atoms with Crippen molar-refractivity contribution < 1.29 is 9.21 Å². The normalized spacial score (nSPS) is 16.9. The molecule has 1 N–H and O–H groups in total. The van der Waals surface area contributed by atoms with E-state index in [1.807, 2.05) is 60.5 Å². The number of hydrogen-bond donors (Lipinski definition) is 1. The van der Waals surface area contributed by atoms with Gasteiger partial charge in [-0.15, -0.1) is 0 Å².